The van der Waals surface area contributed by atoms with Gasteiger partial charge in [0.15, 0.2) is 0 Å². The summed E-state index contributed by atoms with van der Waals surface area (Å²) in [4.78, 5) is 4.24. The Labute approximate surface area is 74.2 Å². The van der Waals surface area contributed by atoms with Crippen molar-refractivity contribution < 1.29 is 10.1 Å². The van der Waals surface area contributed by atoms with Crippen molar-refractivity contribution in [2.75, 3.05) is 6.61 Å². The molecule has 0 saturated heterocycles. The topological polar surface area (TPSA) is 29.5 Å². The van der Waals surface area contributed by atoms with E-state index in [-0.39, 0.29) is 0 Å². The predicted octanol–water partition coefficient (Wildman–Crippen LogP) is 2.57. The molecule has 0 bridgehead atoms. The molecule has 0 aromatic heterocycles. The first kappa shape index (κ1) is 9.75. The highest BCUT2D eigenvalue weighted by molar-refractivity contribution is 5.01. The van der Waals surface area contributed by atoms with E-state index in [1.807, 2.05) is 0 Å². The minimum atomic E-state index is 0.454. The number of allylic oxidation sites excluding steroid dienone is 2. The van der Waals surface area contributed by atoms with Gasteiger partial charge in [-0.15, -0.1) is 0 Å². The quantitative estimate of drug-likeness (QED) is 0.392. The Hall–Kier alpha value is -0.340. The number of hydrogen-bond acceptors (Lipinski definition) is 2. The van der Waals surface area contributed by atoms with E-state index < -0.39 is 0 Å². The molecular weight excluding hydrogens is 152 g/mol. The predicted molar refractivity (Wildman–Crippen MR) is 48.7 cm³/mol. The molecule has 0 amide bonds. The fourth-order valence-electron chi connectivity index (χ4n) is 1.93. The molecule has 0 spiro atoms. The fourth-order valence-corrected chi connectivity index (χ4v) is 1.93. The number of rotatable bonds is 2. The van der Waals surface area contributed by atoms with Gasteiger partial charge in [0.1, 0.15) is 0 Å². The maximum absolute atomic E-state index is 8.42. The lowest BCUT2D eigenvalue weighted by Gasteiger charge is -2.33. The molecule has 4 atom stereocenters. The van der Waals surface area contributed by atoms with E-state index in [2.05, 4.69) is 37.8 Å². The molecule has 2 nitrogen and oxygen atoms in total. The molecule has 12 heavy (non-hydrogen) atoms. The summed E-state index contributed by atoms with van der Waals surface area (Å²) in [6.07, 6.45) is 4.47. The molecule has 0 radical (unpaired) electrons. The van der Waals surface area contributed by atoms with Crippen molar-refractivity contribution in [3.05, 3.63) is 12.2 Å². The normalized spacial score (nSPS) is 41.7. The number of hydrogen-bond donors (Lipinski definition) is 1. The molecule has 0 aromatic rings. The van der Waals surface area contributed by atoms with Crippen LogP contribution < -0.4 is 0 Å². The van der Waals surface area contributed by atoms with Crippen LogP contribution in [0.15, 0.2) is 12.2 Å². The highest BCUT2D eigenvalue weighted by Gasteiger charge is 2.28. The van der Waals surface area contributed by atoms with Gasteiger partial charge in [0.05, 0.1) is 6.61 Å². The standard InChI is InChI=1S/C10H18O2/c1-7-4-5-8(2)10(6-12-11)9(7)3/h4-5,7-11H,6H2,1-3H3. The molecule has 2 heteroatoms. The average molecular weight is 170 g/mol. The molecule has 0 aromatic carbocycles. The summed E-state index contributed by atoms with van der Waals surface area (Å²) in [5, 5.41) is 8.42. The van der Waals surface area contributed by atoms with E-state index in [0.717, 1.165) is 0 Å². The van der Waals surface area contributed by atoms with Crippen molar-refractivity contribution in [2.45, 2.75) is 20.8 Å². The molecule has 70 valence electrons. The summed E-state index contributed by atoms with van der Waals surface area (Å²) < 4.78 is 0. The van der Waals surface area contributed by atoms with Crippen LogP contribution in [0.2, 0.25) is 0 Å². The second kappa shape index (κ2) is 4.06. The van der Waals surface area contributed by atoms with Gasteiger partial charge in [0.25, 0.3) is 0 Å². The van der Waals surface area contributed by atoms with Gasteiger partial charge in [-0.3, -0.25) is 5.26 Å². The smallest absolute Gasteiger partial charge is 0.0856 e. The lowest BCUT2D eigenvalue weighted by Crippen LogP contribution is -2.30. The zero-order valence-corrected chi connectivity index (χ0v) is 8.03. The zero-order chi connectivity index (χ0) is 9.14. The minimum absolute atomic E-state index is 0.454. The second-order valence-electron chi connectivity index (χ2n) is 3.92. The van der Waals surface area contributed by atoms with E-state index >= 15 is 0 Å². The Morgan fingerprint density at radius 1 is 1.17 bits per heavy atom. The summed E-state index contributed by atoms with van der Waals surface area (Å²) >= 11 is 0. The average Bonchev–Trinajstić information content (AvgIpc) is 2.06. The molecule has 0 heterocycles. The van der Waals surface area contributed by atoms with Gasteiger partial charge in [0.2, 0.25) is 0 Å². The van der Waals surface area contributed by atoms with Gasteiger partial charge in [-0.25, -0.2) is 4.89 Å². The zero-order valence-electron chi connectivity index (χ0n) is 8.03. The van der Waals surface area contributed by atoms with Gasteiger partial charge < -0.3 is 0 Å². The van der Waals surface area contributed by atoms with Crippen LogP contribution in [0.25, 0.3) is 0 Å². The maximum Gasteiger partial charge on any atom is 0.0856 e. The third kappa shape index (κ3) is 1.87. The Balaban J connectivity index is 2.63. The summed E-state index contributed by atoms with van der Waals surface area (Å²) in [6, 6.07) is 0. The van der Waals surface area contributed by atoms with Crippen LogP contribution in [0.4, 0.5) is 0 Å². The Kier molecular flexibility index (Phi) is 3.29. The first-order valence-electron chi connectivity index (χ1n) is 4.61. The first-order chi connectivity index (χ1) is 5.66. The van der Waals surface area contributed by atoms with E-state index in [9.17, 15) is 0 Å². The molecule has 0 saturated carbocycles. The van der Waals surface area contributed by atoms with Crippen LogP contribution in [0.5, 0.6) is 0 Å². The summed E-state index contributed by atoms with van der Waals surface area (Å²) in [5.41, 5.74) is 0. The van der Waals surface area contributed by atoms with Crippen LogP contribution in [0, 0.1) is 23.7 Å². The summed E-state index contributed by atoms with van der Waals surface area (Å²) in [7, 11) is 0. The van der Waals surface area contributed by atoms with Gasteiger partial charge in [-0.05, 0) is 23.7 Å². The Morgan fingerprint density at radius 2 is 1.75 bits per heavy atom. The highest BCUT2D eigenvalue weighted by atomic mass is 17.1. The van der Waals surface area contributed by atoms with Crippen molar-refractivity contribution in [3.63, 3.8) is 0 Å². The van der Waals surface area contributed by atoms with Crippen molar-refractivity contribution in [1.29, 1.82) is 0 Å². The van der Waals surface area contributed by atoms with Gasteiger partial charge in [-0.2, -0.15) is 0 Å². The monoisotopic (exact) mass is 170 g/mol. The van der Waals surface area contributed by atoms with E-state index in [1.165, 1.54) is 0 Å². The lowest BCUT2D eigenvalue weighted by atomic mass is 9.73. The molecule has 1 aliphatic carbocycles. The molecule has 1 N–H and O–H groups in total. The van der Waals surface area contributed by atoms with Crippen molar-refractivity contribution >= 4 is 0 Å². The Bertz CT molecular complexity index is 165. The van der Waals surface area contributed by atoms with Crippen LogP contribution >= 0.6 is 0 Å². The molecule has 0 fully saturated rings. The highest BCUT2D eigenvalue weighted by Crippen LogP contribution is 2.33. The Morgan fingerprint density at radius 3 is 2.33 bits per heavy atom. The second-order valence-corrected chi connectivity index (χ2v) is 3.92. The van der Waals surface area contributed by atoms with Crippen molar-refractivity contribution in [2.24, 2.45) is 23.7 Å². The van der Waals surface area contributed by atoms with E-state index in [0.29, 0.717) is 30.3 Å². The lowest BCUT2D eigenvalue weighted by molar-refractivity contribution is -0.256. The molecular formula is C10H18O2. The minimum Gasteiger partial charge on any atom is -0.252 e. The van der Waals surface area contributed by atoms with Crippen molar-refractivity contribution in [3.8, 4) is 0 Å². The van der Waals surface area contributed by atoms with Crippen LogP contribution in [0.3, 0.4) is 0 Å². The molecule has 1 rings (SSSR count). The van der Waals surface area contributed by atoms with Crippen LogP contribution in [-0.2, 0) is 4.89 Å². The van der Waals surface area contributed by atoms with E-state index in [4.69, 9.17) is 5.26 Å². The van der Waals surface area contributed by atoms with Crippen LogP contribution in [0.1, 0.15) is 20.8 Å². The van der Waals surface area contributed by atoms with Crippen LogP contribution in [-0.4, -0.2) is 11.9 Å². The SMILES string of the molecule is CC1C=CC(C)C(COO)C1C. The van der Waals surface area contributed by atoms with Gasteiger partial charge in [0, 0.05) is 0 Å². The molecule has 1 aliphatic rings. The van der Waals surface area contributed by atoms with Crippen molar-refractivity contribution in [1.82, 2.24) is 0 Å². The summed E-state index contributed by atoms with van der Waals surface area (Å²) in [6.45, 7) is 7.05. The third-order valence-corrected chi connectivity index (χ3v) is 3.17. The largest absolute Gasteiger partial charge is 0.252 e. The van der Waals surface area contributed by atoms with Gasteiger partial charge >= 0.3 is 0 Å². The molecule has 4 unspecified atom stereocenters. The van der Waals surface area contributed by atoms with Gasteiger partial charge in [-0.1, -0.05) is 32.9 Å². The maximum atomic E-state index is 8.42. The third-order valence-electron chi connectivity index (χ3n) is 3.17. The molecule has 0 aliphatic heterocycles. The summed E-state index contributed by atoms with van der Waals surface area (Å²) in [5.74, 6) is 2.16. The first-order valence-corrected chi connectivity index (χ1v) is 4.61. The fraction of sp³-hybridized carbons (Fsp3) is 0.800. The van der Waals surface area contributed by atoms with E-state index in [1.54, 1.807) is 0 Å².